The standard InChI is InChI=1S/C11H4F5NS/c12-5-1-2-9(6(13)3-5)18-11-8(15)4-7(14)10(16)17-11/h1-4H. The van der Waals surface area contributed by atoms with Gasteiger partial charge in [0.25, 0.3) is 0 Å². The number of hydrogen-bond acceptors (Lipinski definition) is 2. The van der Waals surface area contributed by atoms with Crippen LogP contribution >= 0.6 is 11.8 Å². The van der Waals surface area contributed by atoms with E-state index in [4.69, 9.17) is 0 Å². The van der Waals surface area contributed by atoms with Gasteiger partial charge in [0.1, 0.15) is 16.7 Å². The molecule has 0 atom stereocenters. The van der Waals surface area contributed by atoms with Gasteiger partial charge in [0, 0.05) is 17.0 Å². The molecule has 0 aliphatic heterocycles. The van der Waals surface area contributed by atoms with Gasteiger partial charge in [0.15, 0.2) is 11.6 Å². The van der Waals surface area contributed by atoms with Crippen molar-refractivity contribution >= 4 is 11.8 Å². The van der Waals surface area contributed by atoms with Crippen LogP contribution in [0.2, 0.25) is 0 Å². The maximum atomic E-state index is 13.3. The van der Waals surface area contributed by atoms with Crippen molar-refractivity contribution in [3.05, 3.63) is 53.5 Å². The van der Waals surface area contributed by atoms with E-state index in [1.54, 1.807) is 0 Å². The van der Waals surface area contributed by atoms with Gasteiger partial charge in [-0.25, -0.2) is 22.5 Å². The Hall–Kier alpha value is -1.63. The molecule has 1 aromatic carbocycles. The van der Waals surface area contributed by atoms with Crippen LogP contribution < -0.4 is 0 Å². The van der Waals surface area contributed by atoms with Gasteiger partial charge in [-0.15, -0.1) is 0 Å². The van der Waals surface area contributed by atoms with Gasteiger partial charge in [-0.3, -0.25) is 0 Å². The van der Waals surface area contributed by atoms with Crippen LogP contribution in [0.5, 0.6) is 0 Å². The highest BCUT2D eigenvalue weighted by atomic mass is 32.2. The first-order valence-electron chi connectivity index (χ1n) is 4.62. The fraction of sp³-hybridized carbons (Fsp3) is 0. The summed E-state index contributed by atoms with van der Waals surface area (Å²) in [6.07, 6.45) is 0. The van der Waals surface area contributed by atoms with Crippen molar-refractivity contribution in [2.24, 2.45) is 0 Å². The molecule has 7 heteroatoms. The summed E-state index contributed by atoms with van der Waals surface area (Å²) in [6.45, 7) is 0. The van der Waals surface area contributed by atoms with Gasteiger partial charge in [-0.1, -0.05) is 11.8 Å². The van der Waals surface area contributed by atoms with Gasteiger partial charge in [0.2, 0.25) is 5.95 Å². The SMILES string of the molecule is Fc1ccc(Sc2nc(F)c(F)cc2F)c(F)c1. The Bertz CT molecular complexity index is 602. The van der Waals surface area contributed by atoms with Crippen molar-refractivity contribution in [3.8, 4) is 0 Å². The predicted octanol–water partition coefficient (Wildman–Crippen LogP) is 3.93. The van der Waals surface area contributed by atoms with Crippen LogP contribution in [0.3, 0.4) is 0 Å². The molecule has 0 spiro atoms. The van der Waals surface area contributed by atoms with Gasteiger partial charge in [-0.05, 0) is 12.1 Å². The van der Waals surface area contributed by atoms with Crippen LogP contribution in [0.25, 0.3) is 0 Å². The molecule has 1 heterocycles. The first-order valence-corrected chi connectivity index (χ1v) is 5.43. The molecule has 2 aromatic rings. The quantitative estimate of drug-likeness (QED) is 0.609. The molecule has 0 saturated carbocycles. The minimum Gasteiger partial charge on any atom is -0.207 e. The summed E-state index contributed by atoms with van der Waals surface area (Å²) in [5.74, 6) is -5.78. The Morgan fingerprint density at radius 1 is 0.833 bits per heavy atom. The summed E-state index contributed by atoms with van der Waals surface area (Å²) in [5, 5.41) is -0.528. The fourth-order valence-electron chi connectivity index (χ4n) is 1.16. The Kier molecular flexibility index (Phi) is 3.51. The molecule has 94 valence electrons. The van der Waals surface area contributed by atoms with E-state index in [2.05, 4.69) is 4.98 Å². The molecule has 0 aliphatic rings. The summed E-state index contributed by atoms with van der Waals surface area (Å²) in [4.78, 5) is 2.87. The number of hydrogen-bond donors (Lipinski definition) is 0. The monoisotopic (exact) mass is 277 g/mol. The molecular formula is C11H4F5NS. The average molecular weight is 277 g/mol. The van der Waals surface area contributed by atoms with E-state index in [1.165, 1.54) is 0 Å². The van der Waals surface area contributed by atoms with E-state index in [0.29, 0.717) is 23.9 Å². The Labute approximate surface area is 103 Å². The minimum absolute atomic E-state index is 0.145. The second-order valence-corrected chi connectivity index (χ2v) is 4.26. The number of rotatable bonds is 2. The second-order valence-electron chi connectivity index (χ2n) is 3.22. The lowest BCUT2D eigenvalue weighted by atomic mass is 10.3. The van der Waals surface area contributed by atoms with Gasteiger partial charge >= 0.3 is 0 Å². The Morgan fingerprint density at radius 3 is 2.22 bits per heavy atom. The van der Waals surface area contributed by atoms with Crippen LogP contribution in [0, 0.1) is 29.2 Å². The van der Waals surface area contributed by atoms with Crippen molar-refractivity contribution in [2.75, 3.05) is 0 Å². The lowest BCUT2D eigenvalue weighted by Gasteiger charge is -2.04. The first-order chi connectivity index (χ1) is 8.47. The molecule has 0 aliphatic carbocycles. The lowest BCUT2D eigenvalue weighted by Crippen LogP contribution is -1.96. The minimum atomic E-state index is -1.48. The summed E-state index contributed by atoms with van der Waals surface area (Å²) >= 11 is 0.438. The second kappa shape index (κ2) is 4.93. The molecule has 0 saturated heterocycles. The van der Waals surface area contributed by atoms with Crippen molar-refractivity contribution in [1.82, 2.24) is 4.98 Å². The third-order valence-electron chi connectivity index (χ3n) is 1.96. The van der Waals surface area contributed by atoms with E-state index in [0.717, 1.165) is 12.1 Å². The largest absolute Gasteiger partial charge is 0.250 e. The van der Waals surface area contributed by atoms with Crippen LogP contribution in [-0.4, -0.2) is 4.98 Å². The molecule has 0 radical (unpaired) electrons. The van der Waals surface area contributed by atoms with Crippen molar-refractivity contribution in [1.29, 1.82) is 0 Å². The fourth-order valence-corrected chi connectivity index (χ4v) is 1.95. The molecule has 1 aromatic heterocycles. The zero-order chi connectivity index (χ0) is 13.3. The Morgan fingerprint density at radius 2 is 1.56 bits per heavy atom. The van der Waals surface area contributed by atoms with Gasteiger partial charge in [-0.2, -0.15) is 4.39 Å². The maximum Gasteiger partial charge on any atom is 0.250 e. The molecule has 0 amide bonds. The van der Waals surface area contributed by atoms with E-state index in [1.807, 2.05) is 0 Å². The van der Waals surface area contributed by atoms with Gasteiger partial charge < -0.3 is 0 Å². The lowest BCUT2D eigenvalue weighted by molar-refractivity contribution is 0.448. The predicted molar refractivity (Wildman–Crippen MR) is 54.6 cm³/mol. The molecule has 18 heavy (non-hydrogen) atoms. The van der Waals surface area contributed by atoms with Crippen LogP contribution in [0.1, 0.15) is 0 Å². The smallest absolute Gasteiger partial charge is 0.207 e. The zero-order valence-corrected chi connectivity index (χ0v) is 9.37. The van der Waals surface area contributed by atoms with E-state index >= 15 is 0 Å². The van der Waals surface area contributed by atoms with Crippen LogP contribution in [0.15, 0.2) is 34.2 Å². The van der Waals surface area contributed by atoms with Crippen molar-refractivity contribution in [3.63, 3.8) is 0 Å². The highest BCUT2D eigenvalue weighted by Gasteiger charge is 2.15. The maximum absolute atomic E-state index is 13.3. The molecule has 2 rings (SSSR count). The molecule has 0 unspecified atom stereocenters. The number of pyridine rings is 1. The summed E-state index contributed by atoms with van der Waals surface area (Å²) in [6, 6.07) is 2.92. The van der Waals surface area contributed by atoms with E-state index < -0.39 is 34.2 Å². The van der Waals surface area contributed by atoms with Crippen molar-refractivity contribution in [2.45, 2.75) is 9.92 Å². The summed E-state index contributed by atoms with van der Waals surface area (Å²) in [5.41, 5.74) is 0. The summed E-state index contributed by atoms with van der Waals surface area (Å²) < 4.78 is 64.6. The van der Waals surface area contributed by atoms with Gasteiger partial charge in [0.05, 0.1) is 0 Å². The molecule has 1 nitrogen and oxygen atoms in total. The first kappa shape index (κ1) is 12.8. The molecule has 0 N–H and O–H groups in total. The number of aromatic nitrogens is 1. The number of halogens is 5. The van der Waals surface area contributed by atoms with Crippen LogP contribution in [-0.2, 0) is 0 Å². The van der Waals surface area contributed by atoms with E-state index in [9.17, 15) is 22.0 Å². The third kappa shape index (κ3) is 2.61. The number of nitrogens with zero attached hydrogens (tertiary/aromatic N) is 1. The normalized spacial score (nSPS) is 10.7. The molecular weight excluding hydrogens is 273 g/mol. The summed E-state index contributed by atoms with van der Waals surface area (Å²) in [7, 11) is 0. The third-order valence-corrected chi connectivity index (χ3v) is 2.99. The van der Waals surface area contributed by atoms with Crippen molar-refractivity contribution < 1.29 is 22.0 Å². The zero-order valence-electron chi connectivity index (χ0n) is 8.55. The average Bonchev–Trinajstić information content (AvgIpc) is 2.29. The number of benzene rings is 1. The van der Waals surface area contributed by atoms with Crippen LogP contribution in [0.4, 0.5) is 22.0 Å². The highest BCUT2D eigenvalue weighted by molar-refractivity contribution is 7.99. The van der Waals surface area contributed by atoms with E-state index in [-0.39, 0.29) is 4.90 Å². The molecule has 0 fully saturated rings. The molecule has 0 bridgehead atoms. The Balaban J connectivity index is 2.37. The highest BCUT2D eigenvalue weighted by Crippen LogP contribution is 2.31. The topological polar surface area (TPSA) is 12.9 Å².